The van der Waals surface area contributed by atoms with Crippen molar-refractivity contribution in [2.45, 2.75) is 50.7 Å². The van der Waals surface area contributed by atoms with E-state index in [0.29, 0.717) is 19.3 Å². The molecule has 2 unspecified atom stereocenters. The summed E-state index contributed by atoms with van der Waals surface area (Å²) in [5, 5.41) is 27.0. The number of aliphatic hydroxyl groups excluding tert-OH is 3. The third-order valence-corrected chi connectivity index (χ3v) is 2.88. The minimum Gasteiger partial charge on any atom is -0.393 e. The van der Waals surface area contributed by atoms with Crippen LogP contribution in [-0.4, -0.2) is 34.1 Å². The molecule has 0 aromatic rings. The van der Waals surface area contributed by atoms with E-state index in [-0.39, 0.29) is 6.61 Å². The normalized spacial score (nSPS) is 11.6. The Kier molecular flexibility index (Phi) is 16.5. The molecule has 3 N–H and O–H groups in total. The molecular formula is C23H24O3. The van der Waals surface area contributed by atoms with E-state index in [9.17, 15) is 5.11 Å². The topological polar surface area (TPSA) is 60.7 Å². The van der Waals surface area contributed by atoms with Crippen LogP contribution in [0.2, 0.25) is 0 Å². The standard InChI is InChI=1S/C23H24O3/c1-2-3-18-22(25)19-16-14-12-10-8-6-4-5-7-9-11-13-15-17-20-23(26)21-24/h1,3,10,12,18,22-26H,7,9,11,14,16,19,21H2/b12-10-,18-3-. The molecule has 0 heterocycles. The molecule has 0 saturated carbocycles. The zero-order chi connectivity index (χ0) is 19.3. The van der Waals surface area contributed by atoms with Gasteiger partial charge in [-0.2, -0.15) is 0 Å². The molecule has 0 saturated heterocycles. The Labute approximate surface area is 157 Å². The molecule has 0 spiro atoms. The van der Waals surface area contributed by atoms with Gasteiger partial charge in [0.1, 0.15) is 6.10 Å². The van der Waals surface area contributed by atoms with Crippen molar-refractivity contribution >= 4 is 0 Å². The minimum atomic E-state index is -1.02. The summed E-state index contributed by atoms with van der Waals surface area (Å²) in [6.45, 7) is -0.381. The van der Waals surface area contributed by atoms with Crippen molar-refractivity contribution in [3.8, 4) is 59.7 Å². The van der Waals surface area contributed by atoms with E-state index in [1.54, 1.807) is 12.2 Å². The molecule has 134 valence electrons. The molecule has 0 aromatic heterocycles. The van der Waals surface area contributed by atoms with Crippen LogP contribution < -0.4 is 0 Å². The Balaban J connectivity index is 3.77. The fourth-order valence-corrected chi connectivity index (χ4v) is 1.57. The molecule has 26 heavy (non-hydrogen) atoms. The summed E-state index contributed by atoms with van der Waals surface area (Å²) in [6.07, 6.45) is 15.0. The van der Waals surface area contributed by atoms with Crippen LogP contribution in [0.15, 0.2) is 24.3 Å². The van der Waals surface area contributed by atoms with Crippen molar-refractivity contribution in [2.24, 2.45) is 0 Å². The summed E-state index contributed by atoms with van der Waals surface area (Å²) in [6, 6.07) is 0. The number of hydrogen-bond acceptors (Lipinski definition) is 3. The molecule has 3 heteroatoms. The molecule has 0 fully saturated rings. The first kappa shape index (κ1) is 23.2. The number of aliphatic hydroxyl groups is 3. The highest BCUT2D eigenvalue weighted by molar-refractivity contribution is 5.31. The van der Waals surface area contributed by atoms with Gasteiger partial charge in [-0.1, -0.05) is 35.7 Å². The molecule has 0 rings (SSSR count). The van der Waals surface area contributed by atoms with Gasteiger partial charge in [0.25, 0.3) is 0 Å². The maximum Gasteiger partial charge on any atom is 0.138 e. The lowest BCUT2D eigenvalue weighted by Crippen LogP contribution is -2.07. The number of allylic oxidation sites excluding steroid dienone is 3. The smallest absolute Gasteiger partial charge is 0.138 e. The monoisotopic (exact) mass is 348 g/mol. The van der Waals surface area contributed by atoms with Crippen LogP contribution >= 0.6 is 0 Å². The zero-order valence-electron chi connectivity index (χ0n) is 14.8. The first-order valence-corrected chi connectivity index (χ1v) is 8.42. The number of rotatable bonds is 8. The van der Waals surface area contributed by atoms with E-state index >= 15 is 0 Å². The average molecular weight is 348 g/mol. The van der Waals surface area contributed by atoms with Crippen LogP contribution in [0.1, 0.15) is 38.5 Å². The molecule has 0 aromatic carbocycles. The Morgan fingerprint density at radius 3 is 2.35 bits per heavy atom. The Bertz CT molecular complexity index is 722. The van der Waals surface area contributed by atoms with Gasteiger partial charge in [-0.05, 0) is 67.6 Å². The van der Waals surface area contributed by atoms with Crippen LogP contribution in [0.25, 0.3) is 0 Å². The fourth-order valence-electron chi connectivity index (χ4n) is 1.57. The first-order chi connectivity index (χ1) is 12.7. The van der Waals surface area contributed by atoms with Crippen molar-refractivity contribution in [3.63, 3.8) is 0 Å². The van der Waals surface area contributed by atoms with Gasteiger partial charge in [0.05, 0.1) is 12.7 Å². The van der Waals surface area contributed by atoms with Gasteiger partial charge in [-0.15, -0.1) is 6.42 Å². The Morgan fingerprint density at radius 1 is 0.923 bits per heavy atom. The predicted octanol–water partition coefficient (Wildman–Crippen LogP) is 1.80. The van der Waals surface area contributed by atoms with Crippen LogP contribution in [0.3, 0.4) is 0 Å². The molecule has 0 radical (unpaired) electrons. The van der Waals surface area contributed by atoms with E-state index < -0.39 is 12.2 Å². The minimum absolute atomic E-state index is 0.381. The Hall–Kier alpha value is -2.84. The average Bonchev–Trinajstić information content (AvgIpc) is 2.65. The van der Waals surface area contributed by atoms with Crippen LogP contribution in [-0.2, 0) is 0 Å². The molecule has 0 aliphatic heterocycles. The molecule has 0 amide bonds. The highest BCUT2D eigenvalue weighted by atomic mass is 16.3. The summed E-state index contributed by atoms with van der Waals surface area (Å²) in [5.41, 5.74) is 0. The van der Waals surface area contributed by atoms with Crippen LogP contribution in [0.4, 0.5) is 0 Å². The van der Waals surface area contributed by atoms with Crippen molar-refractivity contribution in [3.05, 3.63) is 24.3 Å². The summed E-state index contributed by atoms with van der Waals surface area (Å²) < 4.78 is 0. The van der Waals surface area contributed by atoms with E-state index in [1.807, 2.05) is 6.08 Å². The fraction of sp³-hybridized carbons (Fsp3) is 0.391. The van der Waals surface area contributed by atoms with Gasteiger partial charge >= 0.3 is 0 Å². The van der Waals surface area contributed by atoms with E-state index in [1.165, 1.54) is 6.08 Å². The van der Waals surface area contributed by atoms with Crippen molar-refractivity contribution in [2.75, 3.05) is 6.61 Å². The summed E-state index contributed by atoms with van der Waals surface area (Å²) in [4.78, 5) is 0. The summed E-state index contributed by atoms with van der Waals surface area (Å²) >= 11 is 0. The van der Waals surface area contributed by atoms with E-state index in [0.717, 1.165) is 19.3 Å². The van der Waals surface area contributed by atoms with Crippen molar-refractivity contribution < 1.29 is 15.3 Å². The highest BCUT2D eigenvalue weighted by Crippen LogP contribution is 2.02. The van der Waals surface area contributed by atoms with Crippen LogP contribution in [0.5, 0.6) is 0 Å². The second-order valence-corrected chi connectivity index (χ2v) is 5.12. The zero-order valence-corrected chi connectivity index (χ0v) is 14.8. The SMILES string of the molecule is C#C/C=C\C(O)CCC/C=C\C#CC#CCCCC#CC#CC(O)CO. The number of unbranched alkanes of at least 4 members (excludes halogenated alkanes) is 3. The quantitative estimate of drug-likeness (QED) is 0.463. The van der Waals surface area contributed by atoms with Gasteiger partial charge in [0.2, 0.25) is 0 Å². The van der Waals surface area contributed by atoms with Gasteiger partial charge < -0.3 is 15.3 Å². The molecular weight excluding hydrogens is 324 g/mol. The van der Waals surface area contributed by atoms with Crippen molar-refractivity contribution in [1.29, 1.82) is 0 Å². The Morgan fingerprint density at radius 2 is 1.65 bits per heavy atom. The second kappa shape index (κ2) is 18.5. The van der Waals surface area contributed by atoms with Crippen LogP contribution in [0, 0.1) is 59.7 Å². The number of hydrogen-bond donors (Lipinski definition) is 3. The maximum absolute atomic E-state index is 9.53. The molecule has 2 atom stereocenters. The predicted molar refractivity (Wildman–Crippen MR) is 105 cm³/mol. The molecule has 0 aliphatic rings. The first-order valence-electron chi connectivity index (χ1n) is 8.42. The van der Waals surface area contributed by atoms with E-state index in [4.69, 9.17) is 16.6 Å². The lowest BCUT2D eigenvalue weighted by molar-refractivity contribution is 0.138. The third-order valence-electron chi connectivity index (χ3n) is 2.88. The van der Waals surface area contributed by atoms with Gasteiger partial charge in [0.15, 0.2) is 0 Å². The molecule has 3 nitrogen and oxygen atoms in total. The lowest BCUT2D eigenvalue weighted by Gasteiger charge is -2.01. The summed E-state index contributed by atoms with van der Waals surface area (Å²) in [7, 11) is 0. The third kappa shape index (κ3) is 17.5. The van der Waals surface area contributed by atoms with Gasteiger partial charge in [-0.25, -0.2) is 0 Å². The number of terminal acetylenes is 1. The highest BCUT2D eigenvalue weighted by Gasteiger charge is 1.96. The van der Waals surface area contributed by atoms with E-state index in [2.05, 4.69) is 53.3 Å². The molecule has 0 bridgehead atoms. The summed E-state index contributed by atoms with van der Waals surface area (Å²) in [5.74, 6) is 24.0. The maximum atomic E-state index is 9.53. The van der Waals surface area contributed by atoms with Crippen molar-refractivity contribution in [1.82, 2.24) is 0 Å². The molecule has 0 aliphatic carbocycles. The lowest BCUT2D eigenvalue weighted by atomic mass is 10.1. The van der Waals surface area contributed by atoms with Gasteiger partial charge in [0, 0.05) is 12.8 Å². The largest absolute Gasteiger partial charge is 0.393 e. The second-order valence-electron chi connectivity index (χ2n) is 5.12. The van der Waals surface area contributed by atoms with Gasteiger partial charge in [-0.3, -0.25) is 0 Å².